The van der Waals surface area contributed by atoms with Gasteiger partial charge in [-0.15, -0.1) is 10.2 Å². The number of aryl methyl sites for hydroxylation is 1. The molecule has 4 aromatic rings. The number of anilines is 2. The highest BCUT2D eigenvalue weighted by atomic mass is 16.4. The van der Waals surface area contributed by atoms with Gasteiger partial charge in [-0.1, -0.05) is 18.2 Å². The topological polar surface area (TPSA) is 125 Å². The molecule has 5 rings (SSSR count). The van der Waals surface area contributed by atoms with E-state index in [1.54, 1.807) is 6.33 Å². The SMILES string of the molecule is Cn1cnnc1-c1cccc(Nc2ncnc3[nH]c(C4=CCN(C(=O)O)CC4)cc23)c1. The van der Waals surface area contributed by atoms with E-state index in [2.05, 4.69) is 30.5 Å². The number of hydrogen-bond acceptors (Lipinski definition) is 6. The highest BCUT2D eigenvalue weighted by Crippen LogP contribution is 2.30. The Bertz CT molecular complexity index is 1310. The van der Waals surface area contributed by atoms with Crippen LogP contribution in [0, 0.1) is 0 Å². The van der Waals surface area contributed by atoms with E-state index in [1.165, 1.54) is 11.2 Å². The van der Waals surface area contributed by atoms with Gasteiger partial charge in [-0.3, -0.25) is 0 Å². The molecule has 0 fully saturated rings. The first-order valence-corrected chi connectivity index (χ1v) is 9.81. The third kappa shape index (κ3) is 3.59. The molecule has 0 radical (unpaired) electrons. The lowest BCUT2D eigenvalue weighted by Gasteiger charge is -2.23. The second kappa shape index (κ2) is 7.56. The second-order valence-electron chi connectivity index (χ2n) is 7.35. The van der Waals surface area contributed by atoms with Gasteiger partial charge in [0.05, 0.1) is 5.39 Å². The molecule has 0 aliphatic carbocycles. The average Bonchev–Trinajstić information content (AvgIpc) is 3.41. The highest BCUT2D eigenvalue weighted by molar-refractivity contribution is 5.92. The zero-order chi connectivity index (χ0) is 21.4. The average molecular weight is 416 g/mol. The molecule has 1 amide bonds. The number of nitrogens with one attached hydrogen (secondary N) is 2. The van der Waals surface area contributed by atoms with Gasteiger partial charge in [0.25, 0.3) is 0 Å². The minimum Gasteiger partial charge on any atom is -0.465 e. The van der Waals surface area contributed by atoms with E-state index < -0.39 is 6.09 Å². The van der Waals surface area contributed by atoms with Gasteiger partial charge in [-0.05, 0) is 30.2 Å². The maximum absolute atomic E-state index is 11.1. The number of benzene rings is 1. The van der Waals surface area contributed by atoms with E-state index >= 15 is 0 Å². The molecule has 10 heteroatoms. The van der Waals surface area contributed by atoms with Crippen LogP contribution in [0.1, 0.15) is 12.1 Å². The molecule has 1 aromatic carbocycles. The Morgan fingerprint density at radius 1 is 1.26 bits per heavy atom. The van der Waals surface area contributed by atoms with Crippen molar-refractivity contribution in [1.82, 2.24) is 34.6 Å². The number of rotatable bonds is 4. The molecule has 156 valence electrons. The minimum absolute atomic E-state index is 0.381. The van der Waals surface area contributed by atoms with Crippen LogP contribution in [0.2, 0.25) is 0 Å². The number of aromatic nitrogens is 6. The molecule has 0 saturated carbocycles. The molecule has 1 aliphatic rings. The molecule has 0 unspecified atom stereocenters. The van der Waals surface area contributed by atoms with Gasteiger partial charge in [0, 0.05) is 37.1 Å². The number of carboxylic acid groups (broad SMARTS) is 1. The number of aromatic amines is 1. The van der Waals surface area contributed by atoms with Crippen molar-refractivity contribution in [3.63, 3.8) is 0 Å². The second-order valence-corrected chi connectivity index (χ2v) is 7.35. The van der Waals surface area contributed by atoms with Gasteiger partial charge in [0.15, 0.2) is 5.82 Å². The molecule has 10 nitrogen and oxygen atoms in total. The lowest BCUT2D eigenvalue weighted by Crippen LogP contribution is -2.33. The third-order valence-corrected chi connectivity index (χ3v) is 5.35. The predicted molar refractivity (Wildman–Crippen MR) is 116 cm³/mol. The van der Waals surface area contributed by atoms with E-state index in [4.69, 9.17) is 5.11 Å². The van der Waals surface area contributed by atoms with E-state index in [9.17, 15) is 4.79 Å². The fourth-order valence-electron chi connectivity index (χ4n) is 3.72. The smallest absolute Gasteiger partial charge is 0.407 e. The summed E-state index contributed by atoms with van der Waals surface area (Å²) in [6.45, 7) is 0.855. The van der Waals surface area contributed by atoms with Gasteiger partial charge in [-0.25, -0.2) is 14.8 Å². The highest BCUT2D eigenvalue weighted by Gasteiger charge is 2.19. The Morgan fingerprint density at radius 3 is 2.90 bits per heavy atom. The molecular weight excluding hydrogens is 396 g/mol. The number of carbonyl (C=O) groups is 1. The predicted octanol–water partition coefficient (Wildman–Crippen LogP) is 3.26. The van der Waals surface area contributed by atoms with Crippen LogP contribution in [0.3, 0.4) is 0 Å². The van der Waals surface area contributed by atoms with Crippen LogP contribution in [0.4, 0.5) is 16.3 Å². The Morgan fingerprint density at radius 2 is 2.16 bits per heavy atom. The molecule has 3 N–H and O–H groups in total. The Balaban J connectivity index is 1.44. The summed E-state index contributed by atoms with van der Waals surface area (Å²) in [6, 6.07) is 9.90. The van der Waals surface area contributed by atoms with E-state index in [1.807, 2.05) is 48.0 Å². The number of fused-ring (bicyclic) bond motifs is 1. The summed E-state index contributed by atoms with van der Waals surface area (Å²) in [7, 11) is 1.90. The van der Waals surface area contributed by atoms with Crippen LogP contribution in [0.5, 0.6) is 0 Å². The van der Waals surface area contributed by atoms with Crippen LogP contribution in [0.15, 0.2) is 49.1 Å². The molecule has 31 heavy (non-hydrogen) atoms. The Kier molecular flexibility index (Phi) is 4.58. The fraction of sp³-hybridized carbons (Fsp3) is 0.190. The fourth-order valence-corrected chi connectivity index (χ4v) is 3.72. The minimum atomic E-state index is -0.896. The monoisotopic (exact) mass is 416 g/mol. The number of amides is 1. The molecule has 0 atom stereocenters. The maximum atomic E-state index is 11.1. The van der Waals surface area contributed by atoms with Crippen molar-refractivity contribution in [2.45, 2.75) is 6.42 Å². The van der Waals surface area contributed by atoms with Crippen LogP contribution in [0.25, 0.3) is 28.0 Å². The van der Waals surface area contributed by atoms with Gasteiger partial charge in [-0.2, -0.15) is 0 Å². The number of nitrogens with zero attached hydrogens (tertiary/aromatic N) is 6. The van der Waals surface area contributed by atoms with Crippen LogP contribution in [-0.4, -0.2) is 58.9 Å². The van der Waals surface area contributed by atoms with Crippen LogP contribution in [-0.2, 0) is 7.05 Å². The summed E-state index contributed by atoms with van der Waals surface area (Å²) in [6.07, 6.45) is 4.87. The lowest BCUT2D eigenvalue weighted by molar-refractivity contribution is 0.150. The Hall–Kier alpha value is -4.21. The van der Waals surface area contributed by atoms with Crippen molar-refractivity contribution in [1.29, 1.82) is 0 Å². The maximum Gasteiger partial charge on any atom is 0.407 e. The zero-order valence-corrected chi connectivity index (χ0v) is 16.8. The van der Waals surface area contributed by atoms with Crippen LogP contribution < -0.4 is 5.32 Å². The van der Waals surface area contributed by atoms with E-state index in [0.717, 1.165) is 39.4 Å². The van der Waals surface area contributed by atoms with Gasteiger partial charge >= 0.3 is 6.09 Å². The van der Waals surface area contributed by atoms with E-state index in [0.29, 0.717) is 25.3 Å². The number of hydrogen-bond donors (Lipinski definition) is 3. The first-order chi connectivity index (χ1) is 15.1. The standard InChI is InChI=1S/C21H20N8O2/c1-28-12-24-27-20(28)14-3-2-4-15(9-14)25-18-16-10-17(26-19(16)23-11-22-18)13-5-7-29(8-6-13)21(30)31/h2-5,9-12H,6-8H2,1H3,(H,30,31)(H2,22,23,25,26). The summed E-state index contributed by atoms with van der Waals surface area (Å²) in [5.41, 5.74) is 4.54. The van der Waals surface area contributed by atoms with Gasteiger partial charge < -0.3 is 24.9 Å². The van der Waals surface area contributed by atoms with Crippen LogP contribution >= 0.6 is 0 Å². The summed E-state index contributed by atoms with van der Waals surface area (Å²) >= 11 is 0. The number of H-pyrrole nitrogens is 1. The summed E-state index contributed by atoms with van der Waals surface area (Å²) in [5, 5.41) is 21.5. The van der Waals surface area contributed by atoms with E-state index in [-0.39, 0.29) is 0 Å². The lowest BCUT2D eigenvalue weighted by atomic mass is 10.1. The summed E-state index contributed by atoms with van der Waals surface area (Å²) < 4.78 is 1.86. The molecule has 0 bridgehead atoms. The third-order valence-electron chi connectivity index (χ3n) is 5.35. The molecule has 0 spiro atoms. The Labute approximate surface area is 177 Å². The largest absolute Gasteiger partial charge is 0.465 e. The van der Waals surface area contributed by atoms with Crippen molar-refractivity contribution < 1.29 is 9.90 Å². The van der Waals surface area contributed by atoms with Crippen molar-refractivity contribution in [2.75, 3.05) is 18.4 Å². The van der Waals surface area contributed by atoms with Crippen molar-refractivity contribution in [3.05, 3.63) is 54.8 Å². The van der Waals surface area contributed by atoms with Gasteiger partial charge in [0.1, 0.15) is 24.1 Å². The summed E-state index contributed by atoms with van der Waals surface area (Å²) in [4.78, 5) is 24.6. The molecule has 4 heterocycles. The molecule has 3 aromatic heterocycles. The quantitative estimate of drug-likeness (QED) is 0.466. The van der Waals surface area contributed by atoms with Crippen molar-refractivity contribution in [2.24, 2.45) is 7.05 Å². The zero-order valence-electron chi connectivity index (χ0n) is 16.8. The molecule has 1 aliphatic heterocycles. The first-order valence-electron chi connectivity index (χ1n) is 9.81. The normalized spacial score (nSPS) is 14.0. The first kappa shape index (κ1) is 18.8. The summed E-state index contributed by atoms with van der Waals surface area (Å²) in [5.74, 6) is 1.46. The van der Waals surface area contributed by atoms with Gasteiger partial charge in [0.2, 0.25) is 0 Å². The van der Waals surface area contributed by atoms with Crippen molar-refractivity contribution >= 4 is 34.2 Å². The molecular formula is C21H20N8O2. The molecule has 0 saturated heterocycles. The van der Waals surface area contributed by atoms with Crippen molar-refractivity contribution in [3.8, 4) is 11.4 Å².